The monoisotopic (exact) mass is 376 g/mol. The van der Waals surface area contributed by atoms with Gasteiger partial charge in [0.05, 0.1) is 14.2 Å². The van der Waals surface area contributed by atoms with E-state index >= 15 is 0 Å². The van der Waals surface area contributed by atoms with Crippen LogP contribution in [0.1, 0.15) is 11.1 Å². The third-order valence-corrected chi connectivity index (χ3v) is 4.28. The molecule has 2 aromatic rings. The molecular weight excluding hydrogens is 356 g/mol. The Morgan fingerprint density at radius 3 is 2.46 bits per heavy atom. The number of anilines is 1. The summed E-state index contributed by atoms with van der Waals surface area (Å²) >= 11 is 6.00. The summed E-state index contributed by atoms with van der Waals surface area (Å²) < 4.78 is 10.4. The van der Waals surface area contributed by atoms with Crippen LogP contribution < -0.4 is 20.1 Å². The van der Waals surface area contributed by atoms with Gasteiger partial charge in [-0.2, -0.15) is 0 Å². The number of methoxy groups -OCH3 is 2. The van der Waals surface area contributed by atoms with Crippen LogP contribution in [0.25, 0.3) is 0 Å². The number of amides is 2. The van der Waals surface area contributed by atoms with Crippen molar-refractivity contribution in [1.29, 1.82) is 0 Å². The molecule has 0 fully saturated rings. The van der Waals surface area contributed by atoms with Gasteiger partial charge in [0, 0.05) is 17.3 Å². The zero-order valence-corrected chi connectivity index (χ0v) is 15.6. The number of nitrogens with one attached hydrogen (secondary N) is 2. The van der Waals surface area contributed by atoms with Crippen molar-refractivity contribution in [2.45, 2.75) is 13.3 Å². The zero-order valence-electron chi connectivity index (χ0n) is 14.9. The maximum absolute atomic E-state index is 12.0. The van der Waals surface area contributed by atoms with Crippen molar-refractivity contribution in [3.05, 3.63) is 52.5 Å². The highest BCUT2D eigenvalue weighted by Gasteiger charge is 2.15. The van der Waals surface area contributed by atoms with E-state index in [0.29, 0.717) is 40.7 Å². The molecule has 0 saturated carbocycles. The van der Waals surface area contributed by atoms with E-state index in [1.165, 1.54) is 0 Å². The Labute approximate surface area is 157 Å². The topological polar surface area (TPSA) is 76.7 Å². The normalized spacial score (nSPS) is 10.2. The van der Waals surface area contributed by atoms with Gasteiger partial charge in [0.1, 0.15) is 0 Å². The van der Waals surface area contributed by atoms with Crippen LogP contribution >= 0.6 is 11.6 Å². The van der Waals surface area contributed by atoms with Crippen LogP contribution in [0.5, 0.6) is 11.5 Å². The van der Waals surface area contributed by atoms with Crippen molar-refractivity contribution in [3.8, 4) is 11.5 Å². The van der Waals surface area contributed by atoms with Gasteiger partial charge in [-0.25, -0.2) is 0 Å². The highest BCUT2D eigenvalue weighted by Crippen LogP contribution is 2.27. The fourth-order valence-electron chi connectivity index (χ4n) is 2.36. The molecular formula is C19H21ClN2O4. The van der Waals surface area contributed by atoms with Crippen molar-refractivity contribution in [2.75, 3.05) is 26.1 Å². The Hall–Kier alpha value is -2.73. The summed E-state index contributed by atoms with van der Waals surface area (Å²) in [7, 11) is 3.13. The molecule has 2 N–H and O–H groups in total. The van der Waals surface area contributed by atoms with E-state index in [1.54, 1.807) is 45.4 Å². The van der Waals surface area contributed by atoms with Crippen LogP contribution in [-0.2, 0) is 16.0 Å². The maximum atomic E-state index is 12.0. The van der Waals surface area contributed by atoms with Crippen molar-refractivity contribution in [3.63, 3.8) is 0 Å². The van der Waals surface area contributed by atoms with E-state index in [2.05, 4.69) is 10.6 Å². The van der Waals surface area contributed by atoms with Gasteiger partial charge in [-0.1, -0.05) is 23.7 Å². The lowest BCUT2D eigenvalue weighted by atomic mass is 10.1. The molecule has 0 spiro atoms. The van der Waals surface area contributed by atoms with Crippen LogP contribution in [0, 0.1) is 6.92 Å². The van der Waals surface area contributed by atoms with Gasteiger partial charge in [-0.3, -0.25) is 9.59 Å². The van der Waals surface area contributed by atoms with Crippen molar-refractivity contribution in [1.82, 2.24) is 5.32 Å². The van der Waals surface area contributed by atoms with Crippen LogP contribution in [0.15, 0.2) is 36.4 Å². The van der Waals surface area contributed by atoms with E-state index in [-0.39, 0.29) is 0 Å². The molecule has 6 nitrogen and oxygen atoms in total. The smallest absolute Gasteiger partial charge is 0.313 e. The molecule has 0 aromatic heterocycles. The molecule has 2 aromatic carbocycles. The van der Waals surface area contributed by atoms with Crippen LogP contribution in [-0.4, -0.2) is 32.6 Å². The Bertz CT molecular complexity index is 808. The Balaban J connectivity index is 1.88. The lowest BCUT2D eigenvalue weighted by molar-refractivity contribution is -0.136. The first-order chi connectivity index (χ1) is 12.5. The van der Waals surface area contributed by atoms with Crippen molar-refractivity contribution < 1.29 is 19.1 Å². The molecule has 0 aliphatic heterocycles. The minimum Gasteiger partial charge on any atom is -0.493 e. The highest BCUT2D eigenvalue weighted by atomic mass is 35.5. The number of rotatable bonds is 6. The number of benzene rings is 2. The summed E-state index contributed by atoms with van der Waals surface area (Å²) in [6, 6.07) is 10.6. The van der Waals surface area contributed by atoms with Gasteiger partial charge in [0.25, 0.3) is 0 Å². The number of halogens is 1. The number of hydrogen-bond acceptors (Lipinski definition) is 4. The second-order valence-electron chi connectivity index (χ2n) is 5.56. The van der Waals surface area contributed by atoms with E-state index in [4.69, 9.17) is 21.1 Å². The lowest BCUT2D eigenvalue weighted by Gasteiger charge is -2.11. The molecule has 2 rings (SSSR count). The van der Waals surface area contributed by atoms with Crippen molar-refractivity contribution >= 4 is 29.1 Å². The van der Waals surface area contributed by atoms with Gasteiger partial charge in [-0.15, -0.1) is 0 Å². The molecule has 0 bridgehead atoms. The first-order valence-corrected chi connectivity index (χ1v) is 8.39. The molecule has 0 heterocycles. The van der Waals surface area contributed by atoms with E-state index in [0.717, 1.165) is 5.56 Å². The second-order valence-corrected chi connectivity index (χ2v) is 5.97. The Kier molecular flexibility index (Phi) is 6.86. The Morgan fingerprint density at radius 1 is 1.04 bits per heavy atom. The first kappa shape index (κ1) is 19.6. The van der Waals surface area contributed by atoms with Crippen LogP contribution in [0.2, 0.25) is 5.02 Å². The predicted octanol–water partition coefficient (Wildman–Crippen LogP) is 2.96. The zero-order chi connectivity index (χ0) is 19.1. The maximum Gasteiger partial charge on any atom is 0.313 e. The fourth-order valence-corrected chi connectivity index (χ4v) is 2.53. The molecule has 0 unspecified atom stereocenters. The molecule has 0 aliphatic rings. The van der Waals surface area contributed by atoms with Gasteiger partial charge < -0.3 is 20.1 Å². The molecule has 7 heteroatoms. The summed E-state index contributed by atoms with van der Waals surface area (Å²) in [4.78, 5) is 24.0. The average Bonchev–Trinajstić information content (AvgIpc) is 2.65. The molecule has 0 atom stereocenters. The standard InChI is InChI=1S/C19H21ClN2O4/c1-12-14(20)5-4-6-15(12)22-19(24)18(23)21-10-9-13-7-8-16(25-2)17(11-13)26-3/h4-8,11H,9-10H2,1-3H3,(H,21,23)(H,22,24). The highest BCUT2D eigenvalue weighted by molar-refractivity contribution is 6.40. The van der Waals surface area contributed by atoms with E-state index in [1.807, 2.05) is 12.1 Å². The average molecular weight is 377 g/mol. The van der Waals surface area contributed by atoms with Gasteiger partial charge in [0.2, 0.25) is 0 Å². The SMILES string of the molecule is COc1ccc(CCNC(=O)C(=O)Nc2cccc(Cl)c2C)cc1OC. The summed E-state index contributed by atoms with van der Waals surface area (Å²) in [5.41, 5.74) is 2.17. The number of carbonyl (C=O) groups is 2. The van der Waals surface area contributed by atoms with Gasteiger partial charge in [0.15, 0.2) is 11.5 Å². The summed E-state index contributed by atoms with van der Waals surface area (Å²) in [6.07, 6.45) is 0.551. The largest absolute Gasteiger partial charge is 0.493 e. The first-order valence-electron chi connectivity index (χ1n) is 8.01. The Morgan fingerprint density at radius 2 is 1.77 bits per heavy atom. The van der Waals surface area contributed by atoms with Crippen molar-refractivity contribution in [2.24, 2.45) is 0 Å². The predicted molar refractivity (Wildman–Crippen MR) is 101 cm³/mol. The summed E-state index contributed by atoms with van der Waals surface area (Å²) in [5.74, 6) is -0.186. The summed E-state index contributed by atoms with van der Waals surface area (Å²) in [6.45, 7) is 2.09. The number of carbonyl (C=O) groups excluding carboxylic acids is 2. The lowest BCUT2D eigenvalue weighted by Crippen LogP contribution is -2.36. The quantitative estimate of drug-likeness (QED) is 0.760. The number of ether oxygens (including phenoxy) is 2. The van der Waals surface area contributed by atoms with E-state index in [9.17, 15) is 9.59 Å². The number of hydrogen-bond donors (Lipinski definition) is 2. The van der Waals surface area contributed by atoms with Gasteiger partial charge in [-0.05, 0) is 48.7 Å². The minimum atomic E-state index is -0.734. The molecule has 0 saturated heterocycles. The van der Waals surface area contributed by atoms with Crippen LogP contribution in [0.4, 0.5) is 5.69 Å². The van der Waals surface area contributed by atoms with Gasteiger partial charge >= 0.3 is 11.8 Å². The second kappa shape index (κ2) is 9.10. The molecule has 0 radical (unpaired) electrons. The van der Waals surface area contributed by atoms with Crippen LogP contribution in [0.3, 0.4) is 0 Å². The fraction of sp³-hybridized carbons (Fsp3) is 0.263. The summed E-state index contributed by atoms with van der Waals surface area (Å²) in [5, 5.41) is 5.68. The molecule has 138 valence electrons. The van der Waals surface area contributed by atoms with E-state index < -0.39 is 11.8 Å². The third kappa shape index (κ3) is 4.89. The molecule has 26 heavy (non-hydrogen) atoms. The minimum absolute atomic E-state index is 0.316. The third-order valence-electron chi connectivity index (χ3n) is 3.87. The molecule has 0 aliphatic carbocycles. The molecule has 2 amide bonds.